The molecule has 0 aliphatic carbocycles. The number of H-pyrrole nitrogens is 1. The molecule has 1 aromatic heterocycles. The summed E-state index contributed by atoms with van der Waals surface area (Å²) in [6.07, 6.45) is 0. The minimum absolute atomic E-state index is 0.102. The number of carbonyl (C=O) groups is 1. The number of carboxylic acid groups (broad SMARTS) is 1. The van der Waals surface area contributed by atoms with Crippen molar-refractivity contribution in [2.45, 2.75) is 0 Å². The van der Waals surface area contributed by atoms with E-state index in [-0.39, 0.29) is 15.7 Å². The molecule has 0 radical (unpaired) electrons. The second kappa shape index (κ2) is 2.44. The number of aromatic amines is 1. The first kappa shape index (κ1) is 7.53. The Kier molecular flexibility index (Phi) is 1.42. The van der Waals surface area contributed by atoms with Crippen LogP contribution in [0.1, 0.15) is 10.4 Å². The monoisotopic (exact) mass is 181 g/mol. The number of hydrogen-bond acceptors (Lipinski definition) is 3. The van der Waals surface area contributed by atoms with Gasteiger partial charge in [0.25, 0.3) is 5.52 Å². The third-order valence-corrected chi connectivity index (χ3v) is 1.68. The molecule has 2 rings (SSSR count). The number of rotatable bonds is 1. The summed E-state index contributed by atoms with van der Waals surface area (Å²) in [5.74, 6) is -1.05. The van der Waals surface area contributed by atoms with Crippen LogP contribution >= 0.6 is 0 Å². The van der Waals surface area contributed by atoms with Gasteiger partial charge >= 0.3 is 5.97 Å². The summed E-state index contributed by atoms with van der Waals surface area (Å²) in [5, 5.41) is 10.9. The normalized spacial score (nSPS) is 10.5. The number of hydrogen-bond donors (Lipinski definition) is 2. The van der Waals surface area contributed by atoms with E-state index in [1.165, 1.54) is 18.2 Å². The molecule has 0 aliphatic rings. The molecule has 6 nitrogen and oxygen atoms in total. The summed E-state index contributed by atoms with van der Waals surface area (Å²) in [6, 6.07) is 4.05. The van der Waals surface area contributed by atoms with Crippen LogP contribution in [0.15, 0.2) is 22.8 Å². The van der Waals surface area contributed by atoms with Crippen LogP contribution in [0.3, 0.4) is 0 Å². The predicted octanol–water partition coefficient (Wildman–Crippen LogP) is 0.374. The number of aromatic nitrogens is 2. The highest BCUT2D eigenvalue weighted by Crippen LogP contribution is 2.09. The van der Waals surface area contributed by atoms with E-state index in [1.807, 2.05) is 0 Å². The van der Waals surface area contributed by atoms with Crippen LogP contribution in [-0.2, 0) is 0 Å². The zero-order valence-corrected chi connectivity index (χ0v) is 6.35. The molecule has 1 aromatic carbocycles. The third-order valence-electron chi connectivity index (χ3n) is 1.68. The molecule has 0 unspecified atom stereocenters. The van der Waals surface area contributed by atoms with Crippen molar-refractivity contribution in [3.8, 4) is 0 Å². The quantitative estimate of drug-likeness (QED) is 0.665. The average Bonchev–Trinajstić information content (AvgIpc) is 2.47. The highest BCUT2D eigenvalue weighted by Gasteiger charge is 2.12. The molecule has 0 saturated heterocycles. The fourth-order valence-electron chi connectivity index (χ4n) is 1.05. The van der Waals surface area contributed by atoms with Crippen molar-refractivity contribution in [3.05, 3.63) is 28.7 Å². The maximum atomic E-state index is 10.8. The number of benzene rings is 1. The van der Waals surface area contributed by atoms with Crippen molar-refractivity contribution in [3.63, 3.8) is 0 Å². The Labute approximate surface area is 70.9 Å². The van der Waals surface area contributed by atoms with Crippen LogP contribution in [0.4, 0.5) is 0 Å². The van der Waals surface area contributed by atoms with Gasteiger partial charge in [0.2, 0.25) is 5.52 Å². The summed E-state index contributed by atoms with van der Waals surface area (Å²) >= 11 is 0. The standard InChI is InChI=1S/C7H4N2O4/c10-7(11)4-1-2-6-5(3-4)8-13-9(6)12/h1-3H,(H-,8,10,11,12)/p+1. The molecular weight excluding hydrogens is 176 g/mol. The summed E-state index contributed by atoms with van der Waals surface area (Å²) < 4.78 is 4.67. The number of fused-ring (bicyclic) bond motifs is 1. The SMILES string of the molecule is O=C(O)c1ccc2c(c1)[nH]o[n+]2=O. The molecule has 13 heavy (non-hydrogen) atoms. The van der Waals surface area contributed by atoms with Gasteiger partial charge in [-0.05, 0) is 17.0 Å². The molecule has 0 atom stereocenters. The number of carboxylic acids is 1. The lowest BCUT2D eigenvalue weighted by molar-refractivity contribution is -0.692. The fourth-order valence-corrected chi connectivity index (χ4v) is 1.05. The van der Waals surface area contributed by atoms with E-state index in [9.17, 15) is 9.70 Å². The van der Waals surface area contributed by atoms with Crippen molar-refractivity contribution < 1.29 is 19.1 Å². The Hall–Kier alpha value is -2.11. The van der Waals surface area contributed by atoms with Crippen LogP contribution in [0, 0.1) is 4.91 Å². The van der Waals surface area contributed by atoms with Crippen LogP contribution in [0.25, 0.3) is 11.0 Å². The molecule has 2 N–H and O–H groups in total. The molecular formula is C7H5N2O4+. The van der Waals surface area contributed by atoms with Crippen LogP contribution in [0.2, 0.25) is 0 Å². The van der Waals surface area contributed by atoms with Gasteiger partial charge in [0.15, 0.2) is 4.60 Å². The summed E-state index contributed by atoms with van der Waals surface area (Å²) in [7, 11) is 0. The first-order valence-electron chi connectivity index (χ1n) is 3.46. The summed E-state index contributed by atoms with van der Waals surface area (Å²) in [6.45, 7) is 0. The van der Waals surface area contributed by atoms with Gasteiger partial charge in [-0.15, -0.1) is 0 Å². The minimum Gasteiger partial charge on any atom is -0.478 e. The van der Waals surface area contributed by atoms with Gasteiger partial charge < -0.3 is 5.11 Å². The van der Waals surface area contributed by atoms with E-state index in [0.717, 1.165) is 0 Å². The molecule has 2 aromatic rings. The van der Waals surface area contributed by atoms with Gasteiger partial charge in [0.1, 0.15) is 0 Å². The van der Waals surface area contributed by atoms with Gasteiger partial charge in [-0.3, -0.25) is 0 Å². The predicted molar refractivity (Wildman–Crippen MR) is 40.9 cm³/mol. The van der Waals surface area contributed by atoms with Gasteiger partial charge in [-0.25, -0.2) is 4.79 Å². The van der Waals surface area contributed by atoms with Crippen LogP contribution in [0.5, 0.6) is 0 Å². The molecule has 0 spiro atoms. The Morgan fingerprint density at radius 1 is 1.54 bits per heavy atom. The first-order valence-corrected chi connectivity index (χ1v) is 3.46. The molecule has 0 bridgehead atoms. The largest absolute Gasteiger partial charge is 0.478 e. The van der Waals surface area contributed by atoms with Crippen molar-refractivity contribution in [1.29, 1.82) is 0 Å². The van der Waals surface area contributed by atoms with E-state index < -0.39 is 5.97 Å². The topological polar surface area (TPSA) is 89.2 Å². The zero-order valence-electron chi connectivity index (χ0n) is 6.35. The highest BCUT2D eigenvalue weighted by atomic mass is 16.7. The van der Waals surface area contributed by atoms with Gasteiger partial charge in [-0.2, -0.15) is 0 Å². The lowest BCUT2D eigenvalue weighted by Gasteiger charge is -1.87. The molecule has 1 heterocycles. The number of aromatic carboxylic acids is 1. The zero-order chi connectivity index (χ0) is 9.42. The number of nitrogens with zero attached hydrogens (tertiary/aromatic N) is 1. The maximum Gasteiger partial charge on any atom is 0.335 e. The van der Waals surface area contributed by atoms with E-state index >= 15 is 0 Å². The van der Waals surface area contributed by atoms with Crippen molar-refractivity contribution in [2.75, 3.05) is 0 Å². The van der Waals surface area contributed by atoms with E-state index in [1.54, 1.807) is 0 Å². The second-order valence-corrected chi connectivity index (χ2v) is 2.49. The summed E-state index contributed by atoms with van der Waals surface area (Å²) in [4.78, 5) is 21.4. The second-order valence-electron chi connectivity index (χ2n) is 2.49. The Balaban J connectivity index is 2.77. The van der Waals surface area contributed by atoms with Crippen molar-refractivity contribution >= 4 is 17.0 Å². The van der Waals surface area contributed by atoms with E-state index in [2.05, 4.69) is 9.79 Å². The molecule has 0 fully saturated rings. The highest BCUT2D eigenvalue weighted by molar-refractivity contribution is 5.91. The van der Waals surface area contributed by atoms with Crippen LogP contribution in [-0.4, -0.2) is 16.2 Å². The average molecular weight is 181 g/mol. The van der Waals surface area contributed by atoms with Gasteiger partial charge in [0.05, 0.1) is 5.56 Å². The maximum absolute atomic E-state index is 10.8. The lowest BCUT2D eigenvalue weighted by atomic mass is 10.2. The molecule has 0 saturated carbocycles. The van der Waals surface area contributed by atoms with Crippen LogP contribution < -0.4 is 4.60 Å². The molecule has 0 amide bonds. The van der Waals surface area contributed by atoms with E-state index in [0.29, 0.717) is 5.52 Å². The summed E-state index contributed by atoms with van der Waals surface area (Å²) in [5.41, 5.74) is 0.727. The lowest BCUT2D eigenvalue weighted by Crippen LogP contribution is -2.08. The minimum atomic E-state index is -1.05. The molecule has 6 heteroatoms. The first-order chi connectivity index (χ1) is 6.18. The Morgan fingerprint density at radius 3 is 3.00 bits per heavy atom. The van der Waals surface area contributed by atoms with E-state index in [4.69, 9.17) is 5.11 Å². The van der Waals surface area contributed by atoms with Gasteiger partial charge in [0, 0.05) is 6.07 Å². The smallest absolute Gasteiger partial charge is 0.335 e. The van der Waals surface area contributed by atoms with Crippen molar-refractivity contribution in [2.24, 2.45) is 0 Å². The van der Waals surface area contributed by atoms with Crippen molar-refractivity contribution in [1.82, 2.24) is 5.16 Å². The Bertz CT molecular complexity index is 525. The number of nitrogens with one attached hydrogen (secondary N) is 1. The molecule has 0 aliphatic heterocycles. The Morgan fingerprint density at radius 2 is 2.31 bits per heavy atom. The third kappa shape index (κ3) is 1.08. The molecule has 66 valence electrons. The fraction of sp³-hybridized carbons (Fsp3) is 0. The van der Waals surface area contributed by atoms with Gasteiger partial charge in [-0.1, -0.05) is 9.79 Å².